The van der Waals surface area contributed by atoms with Crippen molar-refractivity contribution in [2.24, 2.45) is 0 Å². The minimum Gasteiger partial charge on any atom is -0.380 e. The lowest BCUT2D eigenvalue weighted by molar-refractivity contribution is -0.337. The summed E-state index contributed by atoms with van der Waals surface area (Å²) in [7, 11) is 0. The Morgan fingerprint density at radius 2 is 1.84 bits per heavy atom. The van der Waals surface area contributed by atoms with Crippen LogP contribution in [0.4, 0.5) is 13.2 Å². The zero-order chi connectivity index (χ0) is 23.3. The Kier molecular flexibility index (Phi) is 7.64. The molecule has 11 heteroatoms. The highest BCUT2D eigenvalue weighted by molar-refractivity contribution is 5.90. The second kappa shape index (κ2) is 10.2. The summed E-state index contributed by atoms with van der Waals surface area (Å²) in [5.74, 6) is -2.32. The second-order valence-corrected chi connectivity index (χ2v) is 7.55. The first-order valence-electron chi connectivity index (χ1n) is 10.1. The van der Waals surface area contributed by atoms with Crippen LogP contribution in [0.25, 0.3) is 0 Å². The normalized spacial score (nSPS) is 22.6. The molecule has 1 aromatic heterocycles. The number of pyridine rings is 1. The van der Waals surface area contributed by atoms with Gasteiger partial charge in [0.15, 0.2) is 12.2 Å². The number of rotatable bonds is 7. The van der Waals surface area contributed by atoms with Crippen molar-refractivity contribution in [3.8, 4) is 0 Å². The molecule has 0 bridgehead atoms. The Balaban J connectivity index is 1.55. The molecule has 2 heterocycles. The van der Waals surface area contributed by atoms with Crippen LogP contribution in [0.15, 0.2) is 42.6 Å². The number of nitrogens with zero attached hydrogens (tertiary/aromatic N) is 2. The Bertz CT molecular complexity index is 866. The van der Waals surface area contributed by atoms with E-state index in [2.05, 4.69) is 15.0 Å². The summed E-state index contributed by atoms with van der Waals surface area (Å²) in [6.45, 7) is 0.840. The maximum Gasteiger partial charge on any atom is 0.523 e. The summed E-state index contributed by atoms with van der Waals surface area (Å²) >= 11 is 0. The van der Waals surface area contributed by atoms with E-state index < -0.39 is 42.4 Å². The zero-order valence-corrected chi connectivity index (χ0v) is 17.0. The minimum atomic E-state index is -4.78. The number of carbonyl (C=O) groups excluding carboxylic acids is 2. The lowest BCUT2D eigenvalue weighted by atomic mass is 9.91. The molecule has 3 N–H and O–H groups in total. The Labute approximate surface area is 182 Å². The number of halogens is 3. The van der Waals surface area contributed by atoms with Crippen LogP contribution in [0.3, 0.4) is 0 Å². The van der Waals surface area contributed by atoms with Crippen LogP contribution < -0.4 is 5.32 Å². The Hall–Kier alpha value is -2.76. The highest BCUT2D eigenvalue weighted by Gasteiger charge is 2.36. The van der Waals surface area contributed by atoms with Crippen LogP contribution in [0.2, 0.25) is 0 Å². The van der Waals surface area contributed by atoms with Crippen LogP contribution >= 0.6 is 0 Å². The fourth-order valence-corrected chi connectivity index (χ4v) is 3.58. The molecule has 174 valence electrons. The third-order valence-corrected chi connectivity index (χ3v) is 5.27. The number of likely N-dealkylation sites (tertiary alicyclic amines) is 1. The summed E-state index contributed by atoms with van der Waals surface area (Å²) in [5.41, 5.74) is 0.861. The van der Waals surface area contributed by atoms with Crippen LogP contribution in [0, 0.1) is 0 Å². The number of aliphatic hydroxyl groups excluding tert-OH is 2. The number of carbonyl (C=O) groups is 2. The number of hydrogen-bond donors (Lipinski definition) is 3. The molecule has 0 aromatic carbocycles. The first kappa shape index (κ1) is 23.9. The first-order valence-corrected chi connectivity index (χ1v) is 10.1. The summed E-state index contributed by atoms with van der Waals surface area (Å²) in [5, 5.41) is 22.3. The van der Waals surface area contributed by atoms with Crippen LogP contribution in [0.5, 0.6) is 0 Å². The van der Waals surface area contributed by atoms with E-state index in [4.69, 9.17) is 0 Å². The van der Waals surface area contributed by atoms with E-state index in [9.17, 15) is 33.0 Å². The predicted octanol–water partition coefficient (Wildman–Crippen LogP) is 1.16. The molecule has 1 aliphatic carbocycles. The van der Waals surface area contributed by atoms with Gasteiger partial charge in [-0.05, 0) is 24.5 Å². The molecule has 1 saturated heterocycles. The largest absolute Gasteiger partial charge is 0.523 e. The third-order valence-electron chi connectivity index (χ3n) is 5.27. The van der Waals surface area contributed by atoms with Crippen molar-refractivity contribution in [3.63, 3.8) is 0 Å². The molecule has 1 aromatic rings. The minimum absolute atomic E-state index is 0.107. The van der Waals surface area contributed by atoms with Gasteiger partial charge in [0, 0.05) is 25.2 Å². The van der Waals surface area contributed by atoms with E-state index in [0.717, 1.165) is 12.8 Å². The number of aromatic nitrogens is 1. The number of ether oxygens (including phenoxy) is 1. The molecule has 3 rings (SSSR count). The molecule has 2 amide bonds. The Morgan fingerprint density at radius 1 is 1.16 bits per heavy atom. The van der Waals surface area contributed by atoms with Gasteiger partial charge in [-0.15, -0.1) is 13.2 Å². The summed E-state index contributed by atoms with van der Waals surface area (Å²) in [6, 6.07) is 3.09. The van der Waals surface area contributed by atoms with Crippen molar-refractivity contribution in [2.75, 3.05) is 13.1 Å². The van der Waals surface area contributed by atoms with E-state index in [1.807, 2.05) is 0 Å². The van der Waals surface area contributed by atoms with Gasteiger partial charge in [0.1, 0.15) is 0 Å². The predicted molar refractivity (Wildman–Crippen MR) is 106 cm³/mol. The average Bonchev–Trinajstić information content (AvgIpc) is 3.30. The van der Waals surface area contributed by atoms with Gasteiger partial charge in [0.25, 0.3) is 11.8 Å². The van der Waals surface area contributed by atoms with Gasteiger partial charge < -0.3 is 20.4 Å². The van der Waals surface area contributed by atoms with Gasteiger partial charge in [-0.2, -0.15) is 0 Å². The zero-order valence-electron chi connectivity index (χ0n) is 17.0. The number of nitrogens with one attached hydrogen (secondary N) is 1. The fourth-order valence-electron chi connectivity index (χ4n) is 3.58. The van der Waals surface area contributed by atoms with Gasteiger partial charge in [-0.1, -0.05) is 30.4 Å². The molecule has 32 heavy (non-hydrogen) atoms. The van der Waals surface area contributed by atoms with Crippen molar-refractivity contribution in [3.05, 3.63) is 53.9 Å². The molecule has 8 nitrogen and oxygen atoms in total. The maximum atomic E-state index is 12.6. The fraction of sp³-hybridized carbons (Fsp3) is 0.476. The quantitative estimate of drug-likeness (QED) is 0.569. The van der Waals surface area contributed by atoms with Crippen molar-refractivity contribution in [1.29, 1.82) is 0 Å². The lowest BCUT2D eigenvalue weighted by Crippen LogP contribution is -2.50. The van der Waals surface area contributed by atoms with E-state index in [-0.39, 0.29) is 6.54 Å². The number of allylic oxidation sites excluding steroid dienone is 2. The van der Waals surface area contributed by atoms with E-state index in [1.165, 1.54) is 29.3 Å². The van der Waals surface area contributed by atoms with E-state index >= 15 is 0 Å². The molecule has 0 radical (unpaired) electrons. The summed E-state index contributed by atoms with van der Waals surface area (Å²) < 4.78 is 42.0. The smallest absolute Gasteiger partial charge is 0.380 e. The van der Waals surface area contributed by atoms with Gasteiger partial charge in [-0.25, -0.2) is 0 Å². The lowest BCUT2D eigenvalue weighted by Gasteiger charge is -2.25. The third kappa shape index (κ3) is 6.15. The molecule has 1 aliphatic heterocycles. The first-order chi connectivity index (χ1) is 15.2. The van der Waals surface area contributed by atoms with Gasteiger partial charge in [-0.3, -0.25) is 19.3 Å². The second-order valence-electron chi connectivity index (χ2n) is 7.55. The monoisotopic (exact) mass is 455 g/mol. The van der Waals surface area contributed by atoms with Crippen LogP contribution in [-0.2, 0) is 20.9 Å². The number of alkyl halides is 3. The van der Waals surface area contributed by atoms with Crippen molar-refractivity contribution in [1.82, 2.24) is 15.2 Å². The van der Waals surface area contributed by atoms with Gasteiger partial charge in [0.2, 0.25) is 0 Å². The summed E-state index contributed by atoms with van der Waals surface area (Å²) in [4.78, 5) is 29.7. The highest BCUT2D eigenvalue weighted by atomic mass is 19.4. The van der Waals surface area contributed by atoms with E-state index in [1.54, 1.807) is 18.2 Å². The highest BCUT2D eigenvalue weighted by Crippen LogP contribution is 2.31. The SMILES string of the molecule is O=C(NCc1ccc(C2C=CC=CC2OC(F)(F)F)cn1)[C@H](O)[C@@H](O)C(=O)N1CCCC1. The molecule has 1 fully saturated rings. The molecule has 0 saturated carbocycles. The summed E-state index contributed by atoms with van der Waals surface area (Å²) in [6.07, 6.45) is -0.839. The topological polar surface area (TPSA) is 112 Å². The standard InChI is InChI=1S/C21H24F3N3O5/c22-21(23,24)32-16-6-2-1-5-15(16)13-7-8-14(25-11-13)12-26-19(30)17(28)18(29)20(31)27-9-3-4-10-27/h1-2,5-8,11,15-18,28-29H,3-4,9-10,12H2,(H,26,30)/t15?,16?,17-,18-/m1/s1. The van der Waals surface area contributed by atoms with Gasteiger partial charge >= 0.3 is 6.36 Å². The van der Waals surface area contributed by atoms with Crippen molar-refractivity contribution < 1.29 is 37.7 Å². The number of aliphatic hydroxyl groups is 2. The molecule has 2 aliphatic rings. The van der Waals surface area contributed by atoms with Crippen molar-refractivity contribution in [2.45, 2.75) is 50.0 Å². The van der Waals surface area contributed by atoms with Crippen molar-refractivity contribution >= 4 is 11.8 Å². The van der Waals surface area contributed by atoms with Crippen LogP contribution in [-0.4, -0.2) is 69.7 Å². The van der Waals surface area contributed by atoms with Gasteiger partial charge in [0.05, 0.1) is 18.3 Å². The molecule has 0 spiro atoms. The number of hydrogen-bond acceptors (Lipinski definition) is 6. The molecular formula is C21H24F3N3O5. The van der Waals surface area contributed by atoms with Crippen LogP contribution in [0.1, 0.15) is 30.0 Å². The maximum absolute atomic E-state index is 12.6. The molecular weight excluding hydrogens is 431 g/mol. The Morgan fingerprint density at radius 3 is 2.47 bits per heavy atom. The van der Waals surface area contributed by atoms with E-state index in [0.29, 0.717) is 24.3 Å². The number of amides is 2. The molecule has 2 unspecified atom stereocenters. The average molecular weight is 455 g/mol. The molecule has 4 atom stereocenters.